The van der Waals surface area contributed by atoms with Crippen molar-refractivity contribution in [3.63, 3.8) is 0 Å². The summed E-state index contributed by atoms with van der Waals surface area (Å²) in [6.45, 7) is 27.5. The van der Waals surface area contributed by atoms with Crippen LogP contribution in [-0.2, 0) is 52.7 Å². The minimum atomic E-state index is -1.23. The first-order valence-electron chi connectivity index (χ1n) is 34.5. The van der Waals surface area contributed by atoms with Crippen LogP contribution in [-0.4, -0.2) is 158 Å². The molecule has 0 heterocycles. The van der Waals surface area contributed by atoms with Gasteiger partial charge in [0.2, 0.25) is 65.0 Å². The summed E-state index contributed by atoms with van der Waals surface area (Å²) in [6.07, 6.45) is 6.18. The topological polar surface area (TPSA) is 464 Å². The smallest absolute Gasteiger partial charge is 0.243 e. The van der Waals surface area contributed by atoms with Gasteiger partial charge < -0.3 is 87.6 Å². The molecule has 0 saturated heterocycles. The molecule has 0 spiro atoms. The van der Waals surface area contributed by atoms with Crippen LogP contribution in [0.15, 0.2) is 0 Å². The molecule has 0 bridgehead atoms. The molecule has 11 atom stereocenters. The van der Waals surface area contributed by atoms with Crippen molar-refractivity contribution in [1.82, 2.24) is 53.2 Å². The minimum absolute atomic E-state index is 0.0280. The van der Waals surface area contributed by atoms with Crippen molar-refractivity contribution >= 4 is 65.0 Å². The molecule has 0 aromatic heterocycles. The molecule has 11 amide bonds. The number of rotatable bonds is 51. The third kappa shape index (κ3) is 38.2. The SMILES string of the molecule is CC(C)C[C@H](NC(=O)[C@H](CC(C)C)NC(=O)[C@@H](CCCCN)NC(=O)[C@H](CC(C)C)NC(=O)[C@H](CC(C)C)NC(=O)[C@@H](CCCCN)NC(=O)[C@H](CC(C)C)NC(=O)[C@H](CC(C)C)NC(=O)[C@@H](CCCCN)NC(=O)[C@H](N)CCCCN)C(=O)N[C@H](CC(C)C)C(N)=O. The molecule has 0 unspecified atom stereocenters. The Bertz CT molecular complexity index is 2270. The van der Waals surface area contributed by atoms with Crippen molar-refractivity contribution in [1.29, 1.82) is 0 Å². The molecule has 0 rings (SSSR count). The summed E-state index contributed by atoms with van der Waals surface area (Å²) in [5, 5.41) is 28.1. The van der Waals surface area contributed by atoms with Gasteiger partial charge in [0.25, 0.3) is 0 Å². The number of nitrogens with two attached hydrogens (primary N) is 6. The fraction of sp³-hybridized carbons (Fsp3) is 0.833. The Hall–Kier alpha value is -6.03. The molecule has 27 heteroatoms. The number of primary amides is 1. The van der Waals surface area contributed by atoms with E-state index < -0.39 is 131 Å². The van der Waals surface area contributed by atoms with Crippen molar-refractivity contribution in [2.45, 2.75) is 285 Å². The molecule has 538 valence electrons. The van der Waals surface area contributed by atoms with E-state index in [0.717, 1.165) is 0 Å². The Morgan fingerprint density at radius 1 is 0.237 bits per heavy atom. The lowest BCUT2D eigenvalue weighted by molar-refractivity contribution is -0.136. The maximum absolute atomic E-state index is 14.6. The van der Waals surface area contributed by atoms with E-state index in [1.54, 1.807) is 0 Å². The summed E-state index contributed by atoms with van der Waals surface area (Å²) in [7, 11) is 0. The number of hydrogen-bond acceptors (Lipinski definition) is 16. The highest BCUT2D eigenvalue weighted by Gasteiger charge is 2.37. The van der Waals surface area contributed by atoms with Crippen molar-refractivity contribution in [3.05, 3.63) is 0 Å². The highest BCUT2D eigenvalue weighted by Crippen LogP contribution is 2.17. The van der Waals surface area contributed by atoms with Crippen LogP contribution in [0.2, 0.25) is 0 Å². The first kappa shape index (κ1) is 87.0. The summed E-state index contributed by atoms with van der Waals surface area (Å²) in [5.41, 5.74) is 34.9. The summed E-state index contributed by atoms with van der Waals surface area (Å²) < 4.78 is 0. The molecule has 0 aromatic rings. The van der Waals surface area contributed by atoms with Crippen molar-refractivity contribution < 1.29 is 52.7 Å². The van der Waals surface area contributed by atoms with E-state index in [1.165, 1.54) is 0 Å². The number of carbonyl (C=O) groups is 11. The predicted octanol–water partition coefficient (Wildman–Crippen LogP) is 1.49. The van der Waals surface area contributed by atoms with Gasteiger partial charge in [-0.05, 0) is 183 Å². The van der Waals surface area contributed by atoms with Crippen molar-refractivity contribution in [3.8, 4) is 0 Å². The molecule has 0 aromatic carbocycles. The molecule has 0 aliphatic rings. The van der Waals surface area contributed by atoms with Gasteiger partial charge in [-0.25, -0.2) is 0 Å². The fourth-order valence-electron chi connectivity index (χ4n) is 10.6. The predicted molar refractivity (Wildman–Crippen MR) is 364 cm³/mol. The van der Waals surface area contributed by atoms with E-state index in [0.29, 0.717) is 77.4 Å². The Morgan fingerprint density at radius 2 is 0.398 bits per heavy atom. The molecule has 0 fully saturated rings. The Labute approximate surface area is 556 Å². The number of carbonyl (C=O) groups excluding carboxylic acids is 11. The second kappa shape index (κ2) is 47.8. The Kier molecular flexibility index (Phi) is 44.7. The zero-order valence-electron chi connectivity index (χ0n) is 59.1. The van der Waals surface area contributed by atoms with Crippen LogP contribution in [0.4, 0.5) is 0 Å². The van der Waals surface area contributed by atoms with Gasteiger partial charge >= 0.3 is 0 Å². The molecule has 22 N–H and O–H groups in total. The van der Waals surface area contributed by atoms with E-state index in [1.807, 2.05) is 96.9 Å². The van der Waals surface area contributed by atoms with E-state index in [4.69, 9.17) is 34.4 Å². The average Bonchev–Trinajstić information content (AvgIpc) is 1.01. The molecular formula is C66H128N16O11. The zero-order valence-corrected chi connectivity index (χ0v) is 59.1. The van der Waals surface area contributed by atoms with Gasteiger partial charge in [-0.1, -0.05) is 103 Å². The average molecular weight is 1320 g/mol. The molecule has 93 heavy (non-hydrogen) atoms. The second-order valence-corrected chi connectivity index (χ2v) is 28.2. The van der Waals surface area contributed by atoms with Gasteiger partial charge in [0.05, 0.1) is 6.04 Å². The standard InChI is InChI=1S/C66H128N16O11/c1-38(2)31-49(56(72)83)76-63(90)52(34-41(7)8)82-66(93)55(37-44(13)14)79-60(87)48(26-18-22-30-70)75-62(89)51(33-40(5)6)81-65(92)54(36-43(11)12)78-59(86)47(25-17-21-29-69)74-61(88)50(32-39(3)4)80-64(91)53(35-42(9)10)77-58(85)46(24-16-20-28-68)73-57(84)45(71)23-15-19-27-67/h38-55H,15-37,67-71H2,1-14H3,(H2,72,83)(H,73,84)(H,74,88)(H,75,89)(H,76,90)(H,77,85)(H,78,86)(H,79,87)(H,80,91)(H,81,92)(H,82,93)/t45-,46-,47-,48-,49-,50+,51+,52+,53+,54+,55+/m1/s1. The Morgan fingerprint density at radius 3 is 0.591 bits per heavy atom. The van der Waals surface area contributed by atoms with Gasteiger partial charge in [0, 0.05) is 0 Å². The summed E-state index contributed by atoms with van der Waals surface area (Å²) in [4.78, 5) is 154. The van der Waals surface area contributed by atoms with E-state index >= 15 is 0 Å². The number of nitrogens with one attached hydrogen (secondary N) is 10. The lowest BCUT2D eigenvalue weighted by atomic mass is 9.98. The summed E-state index contributed by atoms with van der Waals surface area (Å²) in [6, 6.07) is -12.3. The summed E-state index contributed by atoms with van der Waals surface area (Å²) in [5.74, 6) is -7.99. The normalized spacial score (nSPS) is 15.2. The van der Waals surface area contributed by atoms with Crippen molar-refractivity contribution in [2.75, 3.05) is 26.2 Å². The second-order valence-electron chi connectivity index (χ2n) is 28.2. The van der Waals surface area contributed by atoms with Crippen molar-refractivity contribution in [2.24, 2.45) is 75.8 Å². The summed E-state index contributed by atoms with van der Waals surface area (Å²) >= 11 is 0. The van der Waals surface area contributed by atoms with Gasteiger partial charge in [0.1, 0.15) is 60.4 Å². The largest absolute Gasteiger partial charge is 0.368 e. The number of unbranched alkanes of at least 4 members (excludes halogenated alkanes) is 4. The fourth-order valence-corrected chi connectivity index (χ4v) is 10.6. The Balaban J connectivity index is 7.03. The van der Waals surface area contributed by atoms with Gasteiger partial charge in [-0.15, -0.1) is 0 Å². The first-order valence-corrected chi connectivity index (χ1v) is 34.5. The third-order valence-corrected chi connectivity index (χ3v) is 15.5. The van der Waals surface area contributed by atoms with Crippen LogP contribution in [0.1, 0.15) is 219 Å². The highest BCUT2D eigenvalue weighted by atomic mass is 16.2. The van der Waals surface area contributed by atoms with Gasteiger partial charge in [-0.2, -0.15) is 0 Å². The van der Waals surface area contributed by atoms with Crippen LogP contribution in [0.5, 0.6) is 0 Å². The molecule has 0 saturated carbocycles. The van der Waals surface area contributed by atoms with E-state index in [2.05, 4.69) is 53.2 Å². The quantitative estimate of drug-likeness (QED) is 0.0384. The van der Waals surface area contributed by atoms with Gasteiger partial charge in [0.15, 0.2) is 0 Å². The zero-order chi connectivity index (χ0) is 71.1. The molecule has 0 aliphatic heterocycles. The molecular weight excluding hydrogens is 1190 g/mol. The number of amides is 11. The molecule has 0 aliphatic carbocycles. The van der Waals surface area contributed by atoms with Gasteiger partial charge in [-0.3, -0.25) is 52.7 Å². The van der Waals surface area contributed by atoms with E-state index in [9.17, 15) is 52.7 Å². The van der Waals surface area contributed by atoms with E-state index in [-0.39, 0.29) is 112 Å². The van der Waals surface area contributed by atoms with Crippen LogP contribution in [0.3, 0.4) is 0 Å². The minimum Gasteiger partial charge on any atom is -0.368 e. The van der Waals surface area contributed by atoms with Crippen LogP contribution < -0.4 is 87.6 Å². The molecule has 27 nitrogen and oxygen atoms in total. The van der Waals surface area contributed by atoms with Crippen LogP contribution in [0.25, 0.3) is 0 Å². The third-order valence-electron chi connectivity index (χ3n) is 15.5. The number of hydrogen-bond donors (Lipinski definition) is 16. The molecule has 0 radical (unpaired) electrons. The lowest BCUT2D eigenvalue weighted by Crippen LogP contribution is -2.61. The maximum Gasteiger partial charge on any atom is 0.243 e. The highest BCUT2D eigenvalue weighted by molar-refractivity contribution is 5.99. The first-order chi connectivity index (χ1) is 43.6. The maximum atomic E-state index is 14.6. The van der Waals surface area contributed by atoms with Crippen LogP contribution in [0, 0.1) is 41.4 Å². The van der Waals surface area contributed by atoms with Crippen LogP contribution >= 0.6 is 0 Å². The monoisotopic (exact) mass is 1320 g/mol. The lowest BCUT2D eigenvalue weighted by Gasteiger charge is -2.30.